The van der Waals surface area contributed by atoms with Gasteiger partial charge in [0.15, 0.2) is 0 Å². The zero-order chi connectivity index (χ0) is 13.6. The van der Waals surface area contributed by atoms with Gasteiger partial charge < -0.3 is 4.79 Å². The molecule has 6 heteroatoms. The lowest BCUT2D eigenvalue weighted by Gasteiger charge is -2.43. The molecular weight excluding hydrogens is 255 g/mol. The highest BCUT2D eigenvalue weighted by molar-refractivity contribution is 5.71. The Bertz CT molecular complexity index is 470. The highest BCUT2D eigenvalue weighted by atomic mass is 19.4. The standard InChI is InChI=1S/C12H9F5O/c13-11(14)5-10(6-11,7-18)8-2-1-3-9(4-8)12(15,16)17/h1-4,7H,5-6H2. The zero-order valence-electron chi connectivity index (χ0n) is 9.10. The average molecular weight is 264 g/mol. The quantitative estimate of drug-likeness (QED) is 0.589. The summed E-state index contributed by atoms with van der Waals surface area (Å²) in [6.07, 6.45) is -5.69. The minimum Gasteiger partial charge on any atom is -0.302 e. The molecule has 0 N–H and O–H groups in total. The molecule has 0 amide bonds. The van der Waals surface area contributed by atoms with Gasteiger partial charge in [-0.05, 0) is 11.6 Å². The van der Waals surface area contributed by atoms with Crippen LogP contribution in [0.15, 0.2) is 24.3 Å². The molecule has 0 aliphatic heterocycles. The van der Waals surface area contributed by atoms with Crippen molar-refractivity contribution in [3.63, 3.8) is 0 Å². The molecule has 1 aromatic rings. The molecule has 1 aliphatic carbocycles. The fraction of sp³-hybridized carbons (Fsp3) is 0.417. The first-order valence-corrected chi connectivity index (χ1v) is 5.20. The van der Waals surface area contributed by atoms with E-state index < -0.39 is 35.9 Å². The largest absolute Gasteiger partial charge is 0.416 e. The number of benzene rings is 1. The molecule has 1 nitrogen and oxygen atoms in total. The van der Waals surface area contributed by atoms with E-state index in [1.165, 1.54) is 6.07 Å². The normalized spacial score (nSPS) is 21.2. The van der Waals surface area contributed by atoms with E-state index in [9.17, 15) is 26.7 Å². The first-order chi connectivity index (χ1) is 8.19. The van der Waals surface area contributed by atoms with Crippen molar-refractivity contribution >= 4 is 6.29 Å². The molecule has 1 fully saturated rings. The SMILES string of the molecule is O=CC1(c2cccc(C(F)(F)F)c2)CC(F)(F)C1. The van der Waals surface area contributed by atoms with Crippen molar-refractivity contribution in [2.24, 2.45) is 0 Å². The average Bonchev–Trinajstić information content (AvgIpc) is 2.24. The number of carbonyl (C=O) groups is 1. The maximum atomic E-state index is 12.9. The number of rotatable bonds is 2. The van der Waals surface area contributed by atoms with Gasteiger partial charge in [0.1, 0.15) is 6.29 Å². The Morgan fingerprint density at radius 1 is 1.17 bits per heavy atom. The number of halogens is 5. The summed E-state index contributed by atoms with van der Waals surface area (Å²) in [6.45, 7) is 0. The number of aldehydes is 1. The summed E-state index contributed by atoms with van der Waals surface area (Å²) < 4.78 is 63.2. The molecule has 18 heavy (non-hydrogen) atoms. The third-order valence-corrected chi connectivity index (χ3v) is 3.14. The molecule has 0 atom stereocenters. The van der Waals surface area contributed by atoms with E-state index in [2.05, 4.69) is 0 Å². The van der Waals surface area contributed by atoms with Crippen LogP contribution in [-0.4, -0.2) is 12.2 Å². The Morgan fingerprint density at radius 2 is 1.78 bits per heavy atom. The van der Waals surface area contributed by atoms with Crippen molar-refractivity contribution in [1.29, 1.82) is 0 Å². The van der Waals surface area contributed by atoms with E-state index >= 15 is 0 Å². The van der Waals surface area contributed by atoms with Crippen molar-refractivity contribution in [2.45, 2.75) is 30.4 Å². The van der Waals surface area contributed by atoms with Gasteiger partial charge in [0.05, 0.1) is 11.0 Å². The monoisotopic (exact) mass is 264 g/mol. The topological polar surface area (TPSA) is 17.1 Å². The summed E-state index contributed by atoms with van der Waals surface area (Å²) in [5.41, 5.74) is -2.42. The van der Waals surface area contributed by atoms with Crippen LogP contribution in [0.3, 0.4) is 0 Å². The number of hydrogen-bond acceptors (Lipinski definition) is 1. The van der Waals surface area contributed by atoms with Gasteiger partial charge in [-0.3, -0.25) is 0 Å². The van der Waals surface area contributed by atoms with E-state index in [1.807, 2.05) is 0 Å². The Morgan fingerprint density at radius 3 is 2.22 bits per heavy atom. The molecule has 0 saturated heterocycles. The van der Waals surface area contributed by atoms with Gasteiger partial charge in [-0.2, -0.15) is 13.2 Å². The predicted octanol–water partition coefficient (Wildman–Crippen LogP) is 3.57. The smallest absolute Gasteiger partial charge is 0.302 e. The molecule has 1 saturated carbocycles. The van der Waals surface area contributed by atoms with E-state index in [4.69, 9.17) is 0 Å². The number of carbonyl (C=O) groups excluding carboxylic acids is 1. The predicted molar refractivity (Wildman–Crippen MR) is 53.4 cm³/mol. The molecule has 0 aromatic heterocycles. The van der Waals surface area contributed by atoms with Crippen molar-refractivity contribution in [3.8, 4) is 0 Å². The highest BCUT2D eigenvalue weighted by Crippen LogP contribution is 2.52. The van der Waals surface area contributed by atoms with Crippen LogP contribution in [0.2, 0.25) is 0 Å². The van der Waals surface area contributed by atoms with Crippen molar-refractivity contribution in [2.75, 3.05) is 0 Å². The van der Waals surface area contributed by atoms with Crippen LogP contribution < -0.4 is 0 Å². The maximum absolute atomic E-state index is 12.9. The molecule has 1 aliphatic rings. The van der Waals surface area contributed by atoms with E-state index in [-0.39, 0.29) is 5.56 Å². The van der Waals surface area contributed by atoms with Crippen molar-refractivity contribution < 1.29 is 26.7 Å². The Kier molecular flexibility index (Phi) is 2.72. The lowest BCUT2D eigenvalue weighted by Crippen LogP contribution is -2.50. The lowest BCUT2D eigenvalue weighted by atomic mass is 9.63. The van der Waals surface area contributed by atoms with Gasteiger partial charge in [0.2, 0.25) is 0 Å². The van der Waals surface area contributed by atoms with Crippen LogP contribution in [0.25, 0.3) is 0 Å². The lowest BCUT2D eigenvalue weighted by molar-refractivity contribution is -0.147. The molecule has 0 unspecified atom stereocenters. The number of alkyl halides is 5. The third kappa shape index (κ3) is 2.11. The van der Waals surface area contributed by atoms with Crippen LogP contribution >= 0.6 is 0 Å². The summed E-state index contributed by atoms with van der Waals surface area (Å²) >= 11 is 0. The fourth-order valence-corrected chi connectivity index (χ4v) is 2.23. The van der Waals surface area contributed by atoms with Crippen LogP contribution in [0.1, 0.15) is 24.0 Å². The van der Waals surface area contributed by atoms with Crippen LogP contribution in [0.4, 0.5) is 22.0 Å². The first kappa shape index (κ1) is 13.0. The van der Waals surface area contributed by atoms with Crippen LogP contribution in [0.5, 0.6) is 0 Å². The molecule has 2 rings (SSSR count). The summed E-state index contributed by atoms with van der Waals surface area (Å²) in [4.78, 5) is 10.9. The van der Waals surface area contributed by atoms with E-state index in [0.717, 1.165) is 18.2 Å². The summed E-state index contributed by atoms with van der Waals surface area (Å²) in [5.74, 6) is -2.98. The fourth-order valence-electron chi connectivity index (χ4n) is 2.23. The van der Waals surface area contributed by atoms with Gasteiger partial charge in [0, 0.05) is 12.8 Å². The molecule has 98 valence electrons. The Balaban J connectivity index is 2.37. The van der Waals surface area contributed by atoms with Crippen molar-refractivity contribution in [1.82, 2.24) is 0 Å². The van der Waals surface area contributed by atoms with Crippen LogP contribution in [0, 0.1) is 0 Å². The molecule has 0 spiro atoms. The molecule has 0 radical (unpaired) electrons. The third-order valence-electron chi connectivity index (χ3n) is 3.14. The number of hydrogen-bond donors (Lipinski definition) is 0. The molecule has 0 heterocycles. The summed E-state index contributed by atoms with van der Waals surface area (Å²) in [6, 6.07) is 4.02. The summed E-state index contributed by atoms with van der Waals surface area (Å²) in [7, 11) is 0. The second-order valence-corrected chi connectivity index (χ2v) is 4.56. The van der Waals surface area contributed by atoms with Gasteiger partial charge in [-0.15, -0.1) is 0 Å². The van der Waals surface area contributed by atoms with Gasteiger partial charge in [-0.25, -0.2) is 8.78 Å². The minimum atomic E-state index is -4.55. The minimum absolute atomic E-state index is 0.00162. The van der Waals surface area contributed by atoms with Gasteiger partial charge >= 0.3 is 6.18 Å². The van der Waals surface area contributed by atoms with Crippen molar-refractivity contribution in [3.05, 3.63) is 35.4 Å². The molecule has 0 bridgehead atoms. The molecular formula is C12H9F5O. The second-order valence-electron chi connectivity index (χ2n) is 4.56. The first-order valence-electron chi connectivity index (χ1n) is 5.20. The Labute approximate surface area is 99.6 Å². The van der Waals surface area contributed by atoms with Gasteiger partial charge in [0.25, 0.3) is 5.92 Å². The van der Waals surface area contributed by atoms with E-state index in [1.54, 1.807) is 0 Å². The van der Waals surface area contributed by atoms with Crippen LogP contribution in [-0.2, 0) is 16.4 Å². The molecule has 1 aromatic carbocycles. The zero-order valence-corrected chi connectivity index (χ0v) is 9.10. The Hall–Kier alpha value is -1.46. The maximum Gasteiger partial charge on any atom is 0.416 e. The highest BCUT2D eigenvalue weighted by Gasteiger charge is 2.57. The second kappa shape index (κ2) is 3.76. The van der Waals surface area contributed by atoms with E-state index in [0.29, 0.717) is 6.29 Å². The van der Waals surface area contributed by atoms with Gasteiger partial charge in [-0.1, -0.05) is 18.2 Å². The summed E-state index contributed by atoms with van der Waals surface area (Å²) in [5, 5.41) is 0.